The van der Waals surface area contributed by atoms with Gasteiger partial charge in [0.05, 0.1) is 11.3 Å². The molecule has 1 rings (SSSR count). The van der Waals surface area contributed by atoms with Crippen LogP contribution in [0.4, 0.5) is 0 Å². The average molecular weight is 223 g/mol. The van der Waals surface area contributed by atoms with Crippen molar-refractivity contribution >= 4 is 11.8 Å². The predicted octanol–water partition coefficient (Wildman–Crippen LogP) is 2.36. The van der Waals surface area contributed by atoms with Gasteiger partial charge in [-0.25, -0.2) is 4.79 Å². The second-order valence-electron chi connectivity index (χ2n) is 3.76. The molecule has 88 valence electrons. The number of carboxylic acid groups (broad SMARTS) is 1. The molecule has 0 saturated heterocycles. The van der Waals surface area contributed by atoms with Crippen molar-refractivity contribution in [2.24, 2.45) is 0 Å². The number of aromatic nitrogens is 1. The van der Waals surface area contributed by atoms with Crippen LogP contribution in [-0.4, -0.2) is 21.4 Å². The van der Waals surface area contributed by atoms with E-state index in [0.717, 1.165) is 12.1 Å². The molecule has 0 aliphatic carbocycles. The molecule has 0 aliphatic heterocycles. The summed E-state index contributed by atoms with van der Waals surface area (Å²) in [4.78, 5) is 22.5. The maximum atomic E-state index is 11.4. The Balaban J connectivity index is 3.39. The van der Waals surface area contributed by atoms with E-state index in [1.807, 2.05) is 18.4 Å². The quantitative estimate of drug-likeness (QED) is 0.779. The van der Waals surface area contributed by atoms with Crippen LogP contribution in [0.15, 0.2) is 6.07 Å². The van der Waals surface area contributed by atoms with Crippen molar-refractivity contribution in [3.8, 4) is 0 Å². The summed E-state index contributed by atoms with van der Waals surface area (Å²) in [6.45, 7) is 6.06. The summed E-state index contributed by atoms with van der Waals surface area (Å²) in [6, 6.07) is 1.49. The summed E-state index contributed by atoms with van der Waals surface area (Å²) in [5.74, 6) is -1.05. The highest BCUT2D eigenvalue weighted by Gasteiger charge is 2.19. The van der Waals surface area contributed by atoms with Gasteiger partial charge in [-0.15, -0.1) is 0 Å². The van der Waals surface area contributed by atoms with Crippen LogP contribution in [0, 0.1) is 0 Å². The molecule has 0 unspecified atom stereocenters. The van der Waals surface area contributed by atoms with E-state index in [1.54, 1.807) is 0 Å². The number of carbonyl (C=O) groups excluding carboxylic acids is 1. The molecule has 16 heavy (non-hydrogen) atoms. The summed E-state index contributed by atoms with van der Waals surface area (Å²) in [5.41, 5.74) is 1.48. The Morgan fingerprint density at radius 1 is 1.38 bits per heavy atom. The molecule has 0 aromatic carbocycles. The van der Waals surface area contributed by atoms with Crippen LogP contribution >= 0.6 is 0 Å². The summed E-state index contributed by atoms with van der Waals surface area (Å²) < 4.78 is 1.83. The Morgan fingerprint density at radius 2 is 2.00 bits per heavy atom. The second-order valence-corrected chi connectivity index (χ2v) is 3.76. The zero-order valence-corrected chi connectivity index (χ0v) is 9.91. The van der Waals surface area contributed by atoms with Crippen LogP contribution in [0.3, 0.4) is 0 Å². The van der Waals surface area contributed by atoms with E-state index >= 15 is 0 Å². The number of hydrogen-bond acceptors (Lipinski definition) is 2. The van der Waals surface area contributed by atoms with Gasteiger partial charge in [-0.2, -0.15) is 0 Å². The van der Waals surface area contributed by atoms with Gasteiger partial charge in [-0.05, 0) is 18.9 Å². The van der Waals surface area contributed by atoms with Gasteiger partial charge in [0.15, 0.2) is 5.78 Å². The van der Waals surface area contributed by atoms with Crippen molar-refractivity contribution < 1.29 is 14.7 Å². The fourth-order valence-electron chi connectivity index (χ4n) is 1.93. The molecule has 0 aliphatic rings. The van der Waals surface area contributed by atoms with E-state index in [0.29, 0.717) is 18.7 Å². The number of Topliss-reactive ketones (excluding diaryl/α,β-unsaturated/α-hetero) is 1. The molecule has 1 heterocycles. The number of carboxylic acids is 1. The van der Waals surface area contributed by atoms with Crippen molar-refractivity contribution in [3.63, 3.8) is 0 Å². The lowest BCUT2D eigenvalue weighted by molar-refractivity contribution is 0.0695. The first-order chi connectivity index (χ1) is 7.52. The van der Waals surface area contributed by atoms with Gasteiger partial charge in [0.1, 0.15) is 0 Å². The van der Waals surface area contributed by atoms with Crippen LogP contribution in [0.1, 0.15) is 53.7 Å². The SMILES string of the molecule is CCCn1c(C(C)=O)cc(C(=O)O)c1CC. The molecule has 1 aromatic heterocycles. The van der Waals surface area contributed by atoms with Gasteiger partial charge < -0.3 is 9.67 Å². The minimum absolute atomic E-state index is 0.0874. The third kappa shape index (κ3) is 2.15. The van der Waals surface area contributed by atoms with Gasteiger partial charge in [-0.1, -0.05) is 13.8 Å². The highest BCUT2D eigenvalue weighted by molar-refractivity contribution is 5.97. The normalized spacial score (nSPS) is 10.4. The van der Waals surface area contributed by atoms with Crippen LogP contribution in [-0.2, 0) is 13.0 Å². The lowest BCUT2D eigenvalue weighted by Crippen LogP contribution is -2.10. The second kappa shape index (κ2) is 4.96. The Bertz CT molecular complexity index is 418. The molecule has 4 heteroatoms. The first-order valence-electron chi connectivity index (χ1n) is 5.49. The van der Waals surface area contributed by atoms with Crippen molar-refractivity contribution in [3.05, 3.63) is 23.0 Å². The Labute approximate surface area is 94.9 Å². The Kier molecular flexibility index (Phi) is 3.88. The monoisotopic (exact) mass is 223 g/mol. The number of nitrogens with zero attached hydrogens (tertiary/aromatic N) is 1. The molecule has 4 nitrogen and oxygen atoms in total. The molecule has 1 aromatic rings. The summed E-state index contributed by atoms with van der Waals surface area (Å²) in [5, 5.41) is 9.06. The van der Waals surface area contributed by atoms with E-state index < -0.39 is 5.97 Å². The fourth-order valence-corrected chi connectivity index (χ4v) is 1.93. The highest BCUT2D eigenvalue weighted by atomic mass is 16.4. The molecule has 0 amide bonds. The minimum atomic E-state index is -0.964. The maximum absolute atomic E-state index is 11.4. The van der Waals surface area contributed by atoms with Crippen molar-refractivity contribution in [1.82, 2.24) is 4.57 Å². The first-order valence-corrected chi connectivity index (χ1v) is 5.49. The molecular formula is C12H17NO3. The molecule has 0 bridgehead atoms. The molecule has 0 radical (unpaired) electrons. The van der Waals surface area contributed by atoms with Gasteiger partial charge in [0.2, 0.25) is 0 Å². The van der Waals surface area contributed by atoms with Gasteiger partial charge in [0.25, 0.3) is 0 Å². The number of hydrogen-bond donors (Lipinski definition) is 1. The Morgan fingerprint density at radius 3 is 2.38 bits per heavy atom. The van der Waals surface area contributed by atoms with Crippen LogP contribution in [0.25, 0.3) is 0 Å². The number of rotatable bonds is 5. The van der Waals surface area contributed by atoms with Crippen LogP contribution < -0.4 is 0 Å². The lowest BCUT2D eigenvalue weighted by atomic mass is 10.2. The van der Waals surface area contributed by atoms with Gasteiger partial charge in [0, 0.05) is 19.2 Å². The van der Waals surface area contributed by atoms with E-state index in [1.165, 1.54) is 13.0 Å². The molecule has 0 saturated carbocycles. The molecule has 1 N–H and O–H groups in total. The third-order valence-corrected chi connectivity index (χ3v) is 2.58. The number of aromatic carboxylic acids is 1. The van der Waals surface area contributed by atoms with E-state index in [2.05, 4.69) is 0 Å². The number of ketones is 1. The topological polar surface area (TPSA) is 59.3 Å². The van der Waals surface area contributed by atoms with Gasteiger partial charge in [-0.3, -0.25) is 4.79 Å². The zero-order chi connectivity index (χ0) is 12.3. The Hall–Kier alpha value is -1.58. The molecular weight excluding hydrogens is 206 g/mol. The standard InChI is InChI=1S/C12H17NO3/c1-4-6-13-10(5-2)9(12(15)16)7-11(13)8(3)14/h7H,4-6H2,1-3H3,(H,15,16). The van der Waals surface area contributed by atoms with Crippen molar-refractivity contribution in [2.75, 3.05) is 0 Å². The molecule has 0 atom stereocenters. The summed E-state index contributed by atoms with van der Waals surface area (Å²) >= 11 is 0. The summed E-state index contributed by atoms with van der Waals surface area (Å²) in [7, 11) is 0. The fraction of sp³-hybridized carbons (Fsp3) is 0.500. The lowest BCUT2D eigenvalue weighted by Gasteiger charge is -2.09. The minimum Gasteiger partial charge on any atom is -0.478 e. The molecule has 0 spiro atoms. The van der Waals surface area contributed by atoms with Crippen molar-refractivity contribution in [1.29, 1.82) is 0 Å². The van der Waals surface area contributed by atoms with E-state index in [9.17, 15) is 9.59 Å². The van der Waals surface area contributed by atoms with Crippen LogP contribution in [0.5, 0.6) is 0 Å². The molecule has 0 fully saturated rings. The smallest absolute Gasteiger partial charge is 0.337 e. The predicted molar refractivity (Wildman–Crippen MR) is 61.1 cm³/mol. The van der Waals surface area contributed by atoms with Crippen molar-refractivity contribution in [2.45, 2.75) is 40.2 Å². The van der Waals surface area contributed by atoms with E-state index in [4.69, 9.17) is 5.11 Å². The zero-order valence-electron chi connectivity index (χ0n) is 9.91. The third-order valence-electron chi connectivity index (χ3n) is 2.58. The number of carbonyl (C=O) groups is 2. The maximum Gasteiger partial charge on any atom is 0.337 e. The first kappa shape index (κ1) is 12.5. The highest BCUT2D eigenvalue weighted by Crippen LogP contribution is 2.18. The van der Waals surface area contributed by atoms with Gasteiger partial charge >= 0.3 is 5.97 Å². The van der Waals surface area contributed by atoms with E-state index in [-0.39, 0.29) is 11.3 Å². The summed E-state index contributed by atoms with van der Waals surface area (Å²) in [6.07, 6.45) is 1.50. The average Bonchev–Trinajstić information content (AvgIpc) is 2.57. The largest absolute Gasteiger partial charge is 0.478 e. The van der Waals surface area contributed by atoms with Crippen LogP contribution in [0.2, 0.25) is 0 Å².